The zero-order valence-electron chi connectivity index (χ0n) is 31.8. The van der Waals surface area contributed by atoms with Crippen molar-refractivity contribution in [2.75, 3.05) is 20.3 Å². The smallest absolute Gasteiger partial charge is 0.417 e. The van der Waals surface area contributed by atoms with Gasteiger partial charge in [-0.25, -0.2) is 4.98 Å². The Kier molecular flexibility index (Phi) is 12.6. The number of carbonyl (C=O) groups is 1. The summed E-state index contributed by atoms with van der Waals surface area (Å²) in [7, 11) is 1.41. The van der Waals surface area contributed by atoms with Gasteiger partial charge in [0.05, 0.1) is 30.8 Å². The van der Waals surface area contributed by atoms with Gasteiger partial charge in [0.25, 0.3) is 0 Å². The molecule has 292 valence electrons. The summed E-state index contributed by atoms with van der Waals surface area (Å²) in [5.41, 5.74) is 6.99. The number of fused-ring (bicyclic) bond motifs is 1. The van der Waals surface area contributed by atoms with Crippen LogP contribution in [0.3, 0.4) is 0 Å². The van der Waals surface area contributed by atoms with Gasteiger partial charge < -0.3 is 24.7 Å². The zero-order chi connectivity index (χ0) is 40.0. The lowest BCUT2D eigenvalue weighted by Gasteiger charge is -2.26. The molecule has 0 radical (unpaired) electrons. The molecule has 5 aromatic rings. The van der Waals surface area contributed by atoms with Crippen molar-refractivity contribution in [1.82, 2.24) is 10.3 Å². The fourth-order valence-corrected chi connectivity index (χ4v) is 7.92. The fraction of sp³-hybridized carbons (Fsp3) is 0.356. The number of nitriles is 1. The van der Waals surface area contributed by atoms with Crippen LogP contribution in [0, 0.1) is 37.0 Å². The number of aliphatic carboxylic acids is 1. The molecule has 56 heavy (non-hydrogen) atoms. The molecule has 1 unspecified atom stereocenters. The molecule has 1 heterocycles. The van der Waals surface area contributed by atoms with E-state index in [2.05, 4.69) is 11.4 Å². The van der Waals surface area contributed by atoms with Crippen molar-refractivity contribution in [2.45, 2.75) is 71.5 Å². The van der Waals surface area contributed by atoms with E-state index in [4.69, 9.17) is 19.2 Å². The second kappa shape index (κ2) is 17.6. The van der Waals surface area contributed by atoms with Crippen LogP contribution in [-0.2, 0) is 23.9 Å². The lowest BCUT2D eigenvalue weighted by atomic mass is 9.79. The van der Waals surface area contributed by atoms with Crippen LogP contribution >= 0.6 is 0 Å². The van der Waals surface area contributed by atoms with Crippen molar-refractivity contribution >= 4 is 29.2 Å². The van der Waals surface area contributed by atoms with Crippen LogP contribution in [0.5, 0.6) is 5.75 Å². The van der Waals surface area contributed by atoms with Crippen molar-refractivity contribution < 1.29 is 37.3 Å². The number of halogens is 3. The predicted octanol–water partition coefficient (Wildman–Crippen LogP) is 10.1. The minimum atomic E-state index is -4.60. The normalized spacial score (nSPS) is 16.0. The molecule has 6 rings (SSSR count). The van der Waals surface area contributed by atoms with Crippen LogP contribution in [-0.4, -0.2) is 41.4 Å². The third-order valence-electron chi connectivity index (χ3n) is 10.9. The molecule has 1 fully saturated rings. The highest BCUT2D eigenvalue weighted by atomic mass is 19.4. The van der Waals surface area contributed by atoms with Crippen molar-refractivity contribution in [3.8, 4) is 34.4 Å². The number of hydrogen-bond acceptors (Lipinski definition) is 7. The summed E-state index contributed by atoms with van der Waals surface area (Å²) in [6.07, 6.45) is 4.58. The molecule has 0 spiro atoms. The van der Waals surface area contributed by atoms with Crippen LogP contribution in [0.15, 0.2) is 65.1 Å². The van der Waals surface area contributed by atoms with E-state index in [9.17, 15) is 28.3 Å². The van der Waals surface area contributed by atoms with Crippen LogP contribution in [0.25, 0.3) is 45.8 Å². The van der Waals surface area contributed by atoms with Crippen molar-refractivity contribution in [2.24, 2.45) is 11.8 Å². The first-order chi connectivity index (χ1) is 26.9. The molecule has 1 aliphatic carbocycles. The number of alkyl halides is 3. The Labute approximate surface area is 324 Å². The van der Waals surface area contributed by atoms with Gasteiger partial charge in [-0.15, -0.1) is 0 Å². The first-order valence-electron chi connectivity index (χ1n) is 19.0. The largest absolute Gasteiger partial charge is 0.496 e. The number of aromatic nitrogens is 1. The molecule has 0 saturated heterocycles. The van der Waals surface area contributed by atoms with E-state index in [1.54, 1.807) is 6.08 Å². The SMILES string of the molecule is COc1cc(/C=C/c2cccc(-c3cccc(-c4nc5cc(CCCC6CCC[C@@H](C(=O)O)C6)cc(C#N)c5o4)c3C)c2C)c(C(F)(F)F)cc1CNCCO. The van der Waals surface area contributed by atoms with Crippen molar-refractivity contribution in [3.63, 3.8) is 0 Å². The number of oxazole rings is 1. The number of hydrogen-bond donors (Lipinski definition) is 3. The van der Waals surface area contributed by atoms with E-state index in [0.717, 1.165) is 90.0 Å². The molecular weight excluding hydrogens is 720 g/mol. The molecule has 1 aliphatic rings. The van der Waals surface area contributed by atoms with Gasteiger partial charge in [0.2, 0.25) is 5.89 Å². The maximum Gasteiger partial charge on any atom is 0.417 e. The van der Waals surface area contributed by atoms with E-state index >= 15 is 0 Å². The number of methoxy groups -OCH3 is 1. The fourth-order valence-electron chi connectivity index (χ4n) is 7.92. The summed E-state index contributed by atoms with van der Waals surface area (Å²) in [6, 6.07) is 20.1. The molecule has 3 N–H and O–H groups in total. The molecule has 1 saturated carbocycles. The van der Waals surface area contributed by atoms with Crippen LogP contribution in [0.1, 0.15) is 83.0 Å². The van der Waals surface area contributed by atoms with E-state index < -0.39 is 17.7 Å². The number of aryl methyl sites for hydroxylation is 1. The van der Waals surface area contributed by atoms with Crippen molar-refractivity contribution in [1.29, 1.82) is 5.26 Å². The summed E-state index contributed by atoms with van der Waals surface area (Å²) >= 11 is 0. The van der Waals surface area contributed by atoms with E-state index in [1.165, 1.54) is 19.3 Å². The summed E-state index contributed by atoms with van der Waals surface area (Å²) in [5, 5.41) is 31.5. The van der Waals surface area contributed by atoms with Gasteiger partial charge in [0, 0.05) is 24.2 Å². The quantitative estimate of drug-likeness (QED) is 0.0753. The topological polar surface area (TPSA) is 129 Å². The maximum absolute atomic E-state index is 14.3. The first-order valence-corrected chi connectivity index (χ1v) is 19.0. The maximum atomic E-state index is 14.3. The summed E-state index contributed by atoms with van der Waals surface area (Å²) < 4.78 is 54.5. The Bertz CT molecular complexity index is 2290. The van der Waals surface area contributed by atoms with Gasteiger partial charge in [-0.2, -0.15) is 18.4 Å². The number of aliphatic hydroxyl groups is 1. The molecule has 0 bridgehead atoms. The second-order valence-corrected chi connectivity index (χ2v) is 14.6. The van der Waals surface area contributed by atoms with Gasteiger partial charge >= 0.3 is 12.1 Å². The van der Waals surface area contributed by atoms with Crippen LogP contribution in [0.2, 0.25) is 0 Å². The number of carboxylic acid groups (broad SMARTS) is 1. The predicted molar refractivity (Wildman–Crippen MR) is 211 cm³/mol. The van der Waals surface area contributed by atoms with E-state index in [1.807, 2.05) is 62.4 Å². The second-order valence-electron chi connectivity index (χ2n) is 14.6. The van der Waals surface area contributed by atoms with Gasteiger partial charge in [-0.05, 0) is 115 Å². The zero-order valence-corrected chi connectivity index (χ0v) is 31.8. The van der Waals surface area contributed by atoms with E-state index in [-0.39, 0.29) is 31.2 Å². The first kappa shape index (κ1) is 40.2. The third-order valence-corrected chi connectivity index (χ3v) is 10.9. The van der Waals surface area contributed by atoms with Crippen LogP contribution in [0.4, 0.5) is 13.2 Å². The highest BCUT2D eigenvalue weighted by molar-refractivity contribution is 5.85. The summed E-state index contributed by atoms with van der Waals surface area (Å²) in [6.45, 7) is 4.11. The number of ether oxygens (including phenoxy) is 1. The molecule has 4 aromatic carbocycles. The molecule has 8 nitrogen and oxygen atoms in total. The highest BCUT2D eigenvalue weighted by Gasteiger charge is 2.34. The monoisotopic (exact) mass is 765 g/mol. The molecule has 2 atom stereocenters. The Balaban J connectivity index is 1.26. The highest BCUT2D eigenvalue weighted by Crippen LogP contribution is 2.39. The summed E-state index contributed by atoms with van der Waals surface area (Å²) in [5.74, 6) is 0.135. The lowest BCUT2D eigenvalue weighted by molar-refractivity contribution is -0.143. The van der Waals surface area contributed by atoms with Gasteiger partial charge in [-0.1, -0.05) is 61.7 Å². The van der Waals surface area contributed by atoms with E-state index in [0.29, 0.717) is 39.8 Å². The standard InChI is InChI=1S/C45H46F3N3O5/c1-27-31(16-17-32-24-41(55-3)35(26-50-18-19-52)23-39(32)45(46,47)48)11-6-13-36(27)37-14-7-15-38(28(37)2)43-51-40-22-30(21-34(25-49)42(40)56-43)10-4-8-29-9-5-12-33(20-29)44(53)54/h6-7,11,13-17,21-24,29,33,50,52H,4-5,8-10,12,18-20,26H2,1-3H3,(H,53,54)/b17-16+/t29?,33-/m1/s1. The molecule has 0 aliphatic heterocycles. The van der Waals surface area contributed by atoms with Gasteiger partial charge in [-0.3, -0.25) is 4.79 Å². The molecule has 1 aromatic heterocycles. The van der Waals surface area contributed by atoms with Crippen molar-refractivity contribution in [3.05, 3.63) is 105 Å². The summed E-state index contributed by atoms with van der Waals surface area (Å²) in [4.78, 5) is 16.3. The average Bonchev–Trinajstić information content (AvgIpc) is 3.61. The number of nitrogens with zero attached hydrogens (tertiary/aromatic N) is 2. The number of benzene rings is 4. The van der Waals surface area contributed by atoms with Gasteiger partial charge in [0.1, 0.15) is 17.3 Å². The number of aliphatic hydroxyl groups excluding tert-OH is 1. The minimum Gasteiger partial charge on any atom is -0.496 e. The Hall–Kier alpha value is -5.44. The Morgan fingerprint density at radius 1 is 1.04 bits per heavy atom. The molecule has 0 amide bonds. The van der Waals surface area contributed by atoms with Gasteiger partial charge in [0.15, 0.2) is 5.58 Å². The third kappa shape index (κ3) is 8.99. The minimum absolute atomic E-state index is 0.0304. The number of rotatable bonds is 14. The lowest BCUT2D eigenvalue weighted by Crippen LogP contribution is -2.22. The Morgan fingerprint density at radius 3 is 2.48 bits per heavy atom. The number of nitrogens with one attached hydrogen (secondary N) is 1. The molecular formula is C45H46F3N3O5. The molecule has 11 heteroatoms. The number of carboxylic acids is 1. The van der Waals surface area contributed by atoms with Crippen LogP contribution < -0.4 is 10.1 Å². The Morgan fingerprint density at radius 2 is 1.77 bits per heavy atom. The average molecular weight is 766 g/mol.